The van der Waals surface area contributed by atoms with Gasteiger partial charge < -0.3 is 9.84 Å². The average Bonchev–Trinajstić information content (AvgIpc) is 2.38. The molecule has 0 saturated carbocycles. The van der Waals surface area contributed by atoms with Crippen LogP contribution in [-0.2, 0) is 13.2 Å². The monoisotopic (exact) mass is 293 g/mol. The van der Waals surface area contributed by atoms with Crippen molar-refractivity contribution in [3.63, 3.8) is 0 Å². The highest BCUT2D eigenvalue weighted by molar-refractivity contribution is 9.10. The van der Waals surface area contributed by atoms with Crippen molar-refractivity contribution in [3.8, 4) is 5.88 Å². The average molecular weight is 294 g/mol. The van der Waals surface area contributed by atoms with E-state index in [4.69, 9.17) is 9.84 Å². The zero-order chi connectivity index (χ0) is 12.1. The molecule has 1 aromatic carbocycles. The first-order valence-corrected chi connectivity index (χ1v) is 6.01. The molecule has 0 aliphatic carbocycles. The zero-order valence-electron chi connectivity index (χ0n) is 9.14. The van der Waals surface area contributed by atoms with E-state index in [1.165, 1.54) is 0 Å². The number of hydrogen-bond donors (Lipinski definition) is 1. The number of nitrogens with zero attached hydrogens (tertiary/aromatic N) is 1. The number of aliphatic hydroxyl groups is 1. The minimum absolute atomic E-state index is 0.0232. The van der Waals surface area contributed by atoms with Crippen molar-refractivity contribution in [1.29, 1.82) is 0 Å². The Bertz CT molecular complexity index is 488. The smallest absolute Gasteiger partial charge is 0.228 e. The van der Waals surface area contributed by atoms with Crippen molar-refractivity contribution < 1.29 is 9.84 Å². The standard InChI is InChI=1S/C13H12BrNO2/c14-12-6-11(8-16)7-15-13(12)17-9-10-4-2-1-3-5-10/h1-7,16H,8-9H2. The van der Waals surface area contributed by atoms with E-state index in [0.29, 0.717) is 12.5 Å². The molecule has 0 saturated heterocycles. The van der Waals surface area contributed by atoms with Gasteiger partial charge in [0.15, 0.2) is 0 Å². The van der Waals surface area contributed by atoms with Gasteiger partial charge in [0.2, 0.25) is 5.88 Å². The lowest BCUT2D eigenvalue weighted by atomic mass is 10.2. The van der Waals surface area contributed by atoms with Crippen molar-refractivity contribution in [3.05, 3.63) is 58.2 Å². The highest BCUT2D eigenvalue weighted by Gasteiger charge is 2.04. The molecular formula is C13H12BrNO2. The number of pyridine rings is 1. The summed E-state index contributed by atoms with van der Waals surface area (Å²) in [6.45, 7) is 0.454. The highest BCUT2D eigenvalue weighted by atomic mass is 79.9. The molecular weight excluding hydrogens is 282 g/mol. The zero-order valence-corrected chi connectivity index (χ0v) is 10.7. The van der Waals surface area contributed by atoms with Crippen LogP contribution in [0.15, 0.2) is 47.1 Å². The lowest BCUT2D eigenvalue weighted by molar-refractivity contribution is 0.277. The van der Waals surface area contributed by atoms with E-state index in [0.717, 1.165) is 15.6 Å². The Morgan fingerprint density at radius 1 is 1.18 bits per heavy atom. The largest absolute Gasteiger partial charge is 0.472 e. The SMILES string of the molecule is OCc1cnc(OCc2ccccc2)c(Br)c1. The lowest BCUT2D eigenvalue weighted by Crippen LogP contribution is -1.98. The second kappa shape index (κ2) is 5.80. The summed E-state index contributed by atoms with van der Waals surface area (Å²) in [6, 6.07) is 11.7. The first kappa shape index (κ1) is 12.1. The van der Waals surface area contributed by atoms with Crippen LogP contribution in [0.5, 0.6) is 5.88 Å². The number of ether oxygens (including phenoxy) is 1. The van der Waals surface area contributed by atoms with Gasteiger partial charge in [-0.3, -0.25) is 0 Å². The minimum atomic E-state index is -0.0232. The third-order valence-electron chi connectivity index (χ3n) is 2.27. The molecule has 88 valence electrons. The Kier molecular flexibility index (Phi) is 4.12. The molecule has 0 radical (unpaired) electrons. The van der Waals surface area contributed by atoms with Crippen molar-refractivity contribution in [1.82, 2.24) is 4.98 Å². The first-order chi connectivity index (χ1) is 8.29. The predicted molar refractivity (Wildman–Crippen MR) is 68.6 cm³/mol. The fourth-order valence-electron chi connectivity index (χ4n) is 1.38. The normalized spacial score (nSPS) is 10.2. The Morgan fingerprint density at radius 2 is 1.94 bits per heavy atom. The van der Waals surface area contributed by atoms with Crippen molar-refractivity contribution in [2.24, 2.45) is 0 Å². The topological polar surface area (TPSA) is 42.4 Å². The van der Waals surface area contributed by atoms with Crippen LogP contribution < -0.4 is 4.74 Å². The summed E-state index contributed by atoms with van der Waals surface area (Å²) in [5.41, 5.74) is 1.84. The van der Waals surface area contributed by atoms with Crippen LogP contribution in [0.2, 0.25) is 0 Å². The molecule has 3 nitrogen and oxygen atoms in total. The third kappa shape index (κ3) is 3.28. The molecule has 2 aromatic rings. The summed E-state index contributed by atoms with van der Waals surface area (Å²) < 4.78 is 6.33. The van der Waals surface area contributed by atoms with Gasteiger partial charge in [0.1, 0.15) is 6.61 Å². The van der Waals surface area contributed by atoms with Crippen LogP contribution in [0.4, 0.5) is 0 Å². The number of aliphatic hydroxyl groups excluding tert-OH is 1. The highest BCUT2D eigenvalue weighted by Crippen LogP contribution is 2.23. The van der Waals surface area contributed by atoms with E-state index in [-0.39, 0.29) is 6.61 Å². The van der Waals surface area contributed by atoms with Crippen LogP contribution in [0.3, 0.4) is 0 Å². The van der Waals surface area contributed by atoms with Gasteiger partial charge in [0, 0.05) is 6.20 Å². The molecule has 0 bridgehead atoms. The summed E-state index contributed by atoms with van der Waals surface area (Å²) in [5, 5.41) is 8.96. The first-order valence-electron chi connectivity index (χ1n) is 5.21. The van der Waals surface area contributed by atoms with E-state index in [2.05, 4.69) is 20.9 Å². The fourth-order valence-corrected chi connectivity index (χ4v) is 1.89. The van der Waals surface area contributed by atoms with Crippen LogP contribution >= 0.6 is 15.9 Å². The maximum Gasteiger partial charge on any atom is 0.228 e. The molecule has 4 heteroatoms. The maximum absolute atomic E-state index is 8.96. The van der Waals surface area contributed by atoms with Crippen molar-refractivity contribution >= 4 is 15.9 Å². The van der Waals surface area contributed by atoms with E-state index in [1.807, 2.05) is 30.3 Å². The van der Waals surface area contributed by atoms with Gasteiger partial charge in [0.05, 0.1) is 11.1 Å². The van der Waals surface area contributed by atoms with E-state index < -0.39 is 0 Å². The maximum atomic E-state index is 8.96. The second-order valence-corrected chi connectivity index (χ2v) is 4.42. The van der Waals surface area contributed by atoms with Crippen LogP contribution in [0.1, 0.15) is 11.1 Å². The summed E-state index contributed by atoms with van der Waals surface area (Å²) >= 11 is 3.36. The van der Waals surface area contributed by atoms with Gasteiger partial charge in [-0.2, -0.15) is 0 Å². The molecule has 0 spiro atoms. The molecule has 0 fully saturated rings. The second-order valence-electron chi connectivity index (χ2n) is 3.56. The number of hydrogen-bond acceptors (Lipinski definition) is 3. The lowest BCUT2D eigenvalue weighted by Gasteiger charge is -2.07. The fraction of sp³-hybridized carbons (Fsp3) is 0.154. The van der Waals surface area contributed by atoms with E-state index >= 15 is 0 Å². The molecule has 0 atom stereocenters. The Balaban J connectivity index is 2.04. The van der Waals surface area contributed by atoms with E-state index in [1.54, 1.807) is 12.3 Å². The van der Waals surface area contributed by atoms with Gasteiger partial charge in [-0.1, -0.05) is 30.3 Å². The quantitative estimate of drug-likeness (QED) is 0.942. The molecule has 2 rings (SSSR count). The molecule has 0 amide bonds. The van der Waals surface area contributed by atoms with Gasteiger partial charge >= 0.3 is 0 Å². The Labute approximate surface area is 108 Å². The molecule has 0 aliphatic rings. The minimum Gasteiger partial charge on any atom is -0.472 e. The predicted octanol–water partition coefficient (Wildman–Crippen LogP) is 2.92. The molecule has 0 aliphatic heterocycles. The molecule has 1 heterocycles. The Morgan fingerprint density at radius 3 is 2.59 bits per heavy atom. The van der Waals surface area contributed by atoms with Crippen molar-refractivity contribution in [2.75, 3.05) is 0 Å². The van der Waals surface area contributed by atoms with Gasteiger partial charge in [-0.25, -0.2) is 4.98 Å². The van der Waals surface area contributed by atoms with Gasteiger partial charge in [-0.05, 0) is 33.1 Å². The van der Waals surface area contributed by atoms with Crippen LogP contribution in [0.25, 0.3) is 0 Å². The molecule has 17 heavy (non-hydrogen) atoms. The summed E-state index contributed by atoms with van der Waals surface area (Å²) in [5.74, 6) is 0.533. The van der Waals surface area contributed by atoms with Crippen molar-refractivity contribution in [2.45, 2.75) is 13.2 Å². The third-order valence-corrected chi connectivity index (χ3v) is 2.83. The number of benzene rings is 1. The Hall–Kier alpha value is -1.39. The summed E-state index contributed by atoms with van der Waals surface area (Å²) in [4.78, 5) is 4.14. The number of halogens is 1. The summed E-state index contributed by atoms with van der Waals surface area (Å²) in [6.07, 6.45) is 1.60. The molecule has 1 aromatic heterocycles. The van der Waals surface area contributed by atoms with E-state index in [9.17, 15) is 0 Å². The van der Waals surface area contributed by atoms with Gasteiger partial charge in [0.25, 0.3) is 0 Å². The molecule has 1 N–H and O–H groups in total. The molecule has 0 unspecified atom stereocenters. The number of rotatable bonds is 4. The summed E-state index contributed by atoms with van der Waals surface area (Å²) in [7, 11) is 0. The number of aromatic nitrogens is 1. The van der Waals surface area contributed by atoms with Crippen LogP contribution in [-0.4, -0.2) is 10.1 Å². The van der Waals surface area contributed by atoms with Gasteiger partial charge in [-0.15, -0.1) is 0 Å². The van der Waals surface area contributed by atoms with Crippen LogP contribution in [0, 0.1) is 0 Å².